The summed E-state index contributed by atoms with van der Waals surface area (Å²) in [5.74, 6) is 0. The maximum Gasteiger partial charge on any atom is 0.332 e. The predicted molar refractivity (Wildman–Crippen MR) is 93.2 cm³/mol. The van der Waals surface area contributed by atoms with Crippen LogP contribution in [-0.2, 0) is 10.0 Å². The molecule has 24 heavy (non-hydrogen) atoms. The highest BCUT2D eigenvalue weighted by molar-refractivity contribution is 7.89. The number of rotatable bonds is 5. The Labute approximate surface area is 142 Å². The summed E-state index contributed by atoms with van der Waals surface area (Å²) in [5, 5.41) is 3.82. The molecule has 2 rings (SSSR count). The number of nitrogens with zero attached hydrogens (tertiary/aromatic N) is 1. The number of nitrogens with two attached hydrogens (primary N) is 1. The van der Waals surface area contributed by atoms with E-state index in [1.165, 1.54) is 0 Å². The quantitative estimate of drug-likeness (QED) is 0.428. The Kier molecular flexibility index (Phi) is 6.33. The number of sulfonamides is 1. The van der Waals surface area contributed by atoms with Gasteiger partial charge in [0, 0.05) is 6.04 Å². The van der Waals surface area contributed by atoms with Gasteiger partial charge in [0.1, 0.15) is 0 Å². The summed E-state index contributed by atoms with van der Waals surface area (Å²) in [6.07, 6.45) is 6.19. The number of hydrogen-bond donors (Lipinski definition) is 3. The van der Waals surface area contributed by atoms with Gasteiger partial charge in [-0.3, -0.25) is 0 Å². The number of primary amides is 1. The van der Waals surface area contributed by atoms with Gasteiger partial charge in [0.15, 0.2) is 0 Å². The van der Waals surface area contributed by atoms with Gasteiger partial charge in [0.2, 0.25) is 10.0 Å². The van der Waals surface area contributed by atoms with Crippen LogP contribution in [0.25, 0.3) is 0 Å². The van der Waals surface area contributed by atoms with Crippen molar-refractivity contribution in [2.24, 2.45) is 10.8 Å². The van der Waals surface area contributed by atoms with Crippen LogP contribution in [0.3, 0.4) is 0 Å². The van der Waals surface area contributed by atoms with Crippen molar-refractivity contribution in [1.82, 2.24) is 10.1 Å². The molecule has 0 saturated heterocycles. The van der Waals surface area contributed by atoms with E-state index in [2.05, 4.69) is 15.2 Å². The molecule has 4 N–H and O–H groups in total. The van der Waals surface area contributed by atoms with Crippen LogP contribution in [-0.4, -0.2) is 26.2 Å². The van der Waals surface area contributed by atoms with E-state index in [4.69, 9.17) is 5.73 Å². The zero-order valence-electron chi connectivity index (χ0n) is 13.8. The Morgan fingerprint density at radius 1 is 1.21 bits per heavy atom. The Bertz CT molecular complexity index is 708. The molecular weight excluding hydrogens is 328 g/mol. The molecule has 0 aromatic heterocycles. The second-order valence-corrected chi connectivity index (χ2v) is 7.72. The Balaban J connectivity index is 2.16. The minimum absolute atomic E-state index is 0.00699. The molecule has 2 amide bonds. The molecule has 1 saturated carbocycles. The van der Waals surface area contributed by atoms with Crippen molar-refractivity contribution in [3.63, 3.8) is 0 Å². The zero-order valence-corrected chi connectivity index (χ0v) is 14.6. The van der Waals surface area contributed by atoms with Gasteiger partial charge < -0.3 is 5.73 Å². The number of urea groups is 1. The lowest BCUT2D eigenvalue weighted by Gasteiger charge is -2.16. The first kappa shape index (κ1) is 18.4. The van der Waals surface area contributed by atoms with Crippen LogP contribution >= 0.6 is 0 Å². The fourth-order valence-corrected chi connectivity index (χ4v) is 4.13. The first-order valence-corrected chi connectivity index (χ1v) is 9.59. The summed E-state index contributed by atoms with van der Waals surface area (Å²) in [6, 6.07) is 5.70. The number of amides is 2. The molecule has 0 radical (unpaired) electrons. The van der Waals surface area contributed by atoms with E-state index in [9.17, 15) is 13.2 Å². The molecule has 0 atom stereocenters. The minimum Gasteiger partial charge on any atom is -0.350 e. The highest BCUT2D eigenvalue weighted by Crippen LogP contribution is 2.20. The molecule has 132 valence electrons. The summed E-state index contributed by atoms with van der Waals surface area (Å²) >= 11 is 0. The highest BCUT2D eigenvalue weighted by atomic mass is 32.2. The number of hydrazone groups is 1. The van der Waals surface area contributed by atoms with E-state index in [1.54, 1.807) is 31.2 Å². The van der Waals surface area contributed by atoms with Gasteiger partial charge in [-0.25, -0.2) is 23.4 Å². The molecule has 0 spiro atoms. The molecule has 1 aliphatic rings. The second-order valence-electron chi connectivity index (χ2n) is 6.01. The lowest BCUT2D eigenvalue weighted by Crippen LogP contribution is -2.34. The fraction of sp³-hybridized carbons (Fsp3) is 0.500. The molecule has 1 aromatic rings. The van der Waals surface area contributed by atoms with Crippen molar-refractivity contribution in [2.45, 2.75) is 56.4 Å². The highest BCUT2D eigenvalue weighted by Gasteiger charge is 2.21. The lowest BCUT2D eigenvalue weighted by atomic mass is 10.1. The second kappa shape index (κ2) is 8.25. The van der Waals surface area contributed by atoms with E-state index in [-0.39, 0.29) is 10.9 Å². The Morgan fingerprint density at radius 3 is 2.50 bits per heavy atom. The number of carbonyl (C=O) groups excluding carboxylic acids is 1. The van der Waals surface area contributed by atoms with Crippen molar-refractivity contribution in [2.75, 3.05) is 0 Å². The van der Waals surface area contributed by atoms with Crippen LogP contribution in [0.15, 0.2) is 34.3 Å². The minimum atomic E-state index is -3.58. The summed E-state index contributed by atoms with van der Waals surface area (Å²) in [6.45, 7) is 1.67. The van der Waals surface area contributed by atoms with E-state index in [0.717, 1.165) is 38.5 Å². The Hall–Kier alpha value is -1.93. The maximum absolute atomic E-state index is 12.6. The molecule has 0 unspecified atom stereocenters. The smallest absolute Gasteiger partial charge is 0.332 e. The van der Waals surface area contributed by atoms with Gasteiger partial charge in [-0.1, -0.05) is 37.8 Å². The molecule has 0 aliphatic heterocycles. The van der Waals surface area contributed by atoms with Crippen LogP contribution < -0.4 is 15.9 Å². The average Bonchev–Trinajstić information content (AvgIpc) is 2.81. The van der Waals surface area contributed by atoms with Gasteiger partial charge in [-0.2, -0.15) is 5.10 Å². The van der Waals surface area contributed by atoms with Crippen molar-refractivity contribution < 1.29 is 13.2 Å². The molecule has 0 heterocycles. The largest absolute Gasteiger partial charge is 0.350 e. The number of nitrogens with one attached hydrogen (secondary N) is 2. The maximum atomic E-state index is 12.6. The van der Waals surface area contributed by atoms with Crippen LogP contribution in [0.2, 0.25) is 0 Å². The van der Waals surface area contributed by atoms with Crippen molar-refractivity contribution >= 4 is 21.8 Å². The number of carbonyl (C=O) groups is 1. The van der Waals surface area contributed by atoms with E-state index in [1.807, 2.05) is 0 Å². The van der Waals surface area contributed by atoms with Gasteiger partial charge in [-0.05, 0) is 37.5 Å². The molecule has 0 bridgehead atoms. The van der Waals surface area contributed by atoms with Gasteiger partial charge in [0.25, 0.3) is 0 Å². The van der Waals surface area contributed by atoms with Gasteiger partial charge >= 0.3 is 6.03 Å². The predicted octanol–water partition coefficient (Wildman–Crippen LogP) is 2.08. The molecular formula is C16H24N4O3S. The standard InChI is InChI=1S/C16H24N4O3S/c1-12(18-19-16(17)21)13-7-6-10-15(11-13)24(22,23)20-14-8-4-2-3-5-9-14/h6-7,10-11,14,20H,2-5,8-9H2,1H3,(H3,17,19,21)/b18-12-. The summed E-state index contributed by atoms with van der Waals surface area (Å²) < 4.78 is 28.0. The van der Waals surface area contributed by atoms with Gasteiger partial charge in [-0.15, -0.1) is 0 Å². The van der Waals surface area contributed by atoms with Crippen LogP contribution in [0, 0.1) is 0 Å². The Morgan fingerprint density at radius 2 is 1.88 bits per heavy atom. The normalized spacial score (nSPS) is 17.3. The van der Waals surface area contributed by atoms with E-state index in [0.29, 0.717) is 11.3 Å². The third-order valence-electron chi connectivity index (χ3n) is 4.07. The lowest BCUT2D eigenvalue weighted by molar-refractivity contribution is 0.249. The van der Waals surface area contributed by atoms with Crippen molar-refractivity contribution in [3.8, 4) is 0 Å². The summed E-state index contributed by atoms with van der Waals surface area (Å²) in [5.41, 5.74) is 8.18. The summed E-state index contributed by atoms with van der Waals surface area (Å²) in [7, 11) is -3.58. The topological polar surface area (TPSA) is 114 Å². The average molecular weight is 352 g/mol. The van der Waals surface area contributed by atoms with Crippen LogP contribution in [0.4, 0.5) is 4.79 Å². The third kappa shape index (κ3) is 5.31. The van der Waals surface area contributed by atoms with Crippen LogP contribution in [0.5, 0.6) is 0 Å². The molecule has 1 fully saturated rings. The first-order chi connectivity index (χ1) is 11.4. The van der Waals surface area contributed by atoms with E-state index >= 15 is 0 Å². The SMILES string of the molecule is C/C(=N/NC(N)=O)c1cccc(S(=O)(=O)NC2CCCCCC2)c1. The molecule has 1 aromatic carbocycles. The third-order valence-corrected chi connectivity index (χ3v) is 5.59. The van der Waals surface area contributed by atoms with E-state index < -0.39 is 16.1 Å². The van der Waals surface area contributed by atoms with Gasteiger partial charge in [0.05, 0.1) is 10.6 Å². The number of hydrogen-bond acceptors (Lipinski definition) is 4. The molecule has 1 aliphatic carbocycles. The molecule has 8 heteroatoms. The number of benzene rings is 1. The zero-order chi connectivity index (χ0) is 17.6. The fourth-order valence-electron chi connectivity index (χ4n) is 2.78. The van der Waals surface area contributed by atoms with Crippen molar-refractivity contribution in [1.29, 1.82) is 0 Å². The molecule has 7 nitrogen and oxygen atoms in total. The van der Waals surface area contributed by atoms with Crippen LogP contribution in [0.1, 0.15) is 51.0 Å². The summed E-state index contributed by atoms with van der Waals surface area (Å²) in [4.78, 5) is 10.9. The monoisotopic (exact) mass is 352 g/mol. The van der Waals surface area contributed by atoms with Crippen molar-refractivity contribution in [3.05, 3.63) is 29.8 Å². The first-order valence-electron chi connectivity index (χ1n) is 8.11.